The third kappa shape index (κ3) is 4.84. The number of hydrogen-bond donors (Lipinski definition) is 1. The van der Waals surface area contributed by atoms with Gasteiger partial charge in [-0.1, -0.05) is 6.42 Å². The Kier molecular flexibility index (Phi) is 6.70. The minimum absolute atomic E-state index is 0.147. The van der Waals surface area contributed by atoms with Crippen LogP contribution >= 0.6 is 11.3 Å². The highest BCUT2D eigenvalue weighted by molar-refractivity contribution is 7.91. The van der Waals surface area contributed by atoms with E-state index in [4.69, 9.17) is 0 Å². The zero-order chi connectivity index (χ0) is 21.0. The highest BCUT2D eigenvalue weighted by Gasteiger charge is 2.27. The standard InChI is InChI=1S/C21H28N4O3S2/c26-19(23-18-8-7-11-22-21(18)24-12-3-1-4-13-24)16-17-9-10-20(29-17)30(27,28)25-14-5-2-6-15-25/h7-11H,1-6,12-16H2,(H,23,26). The summed E-state index contributed by atoms with van der Waals surface area (Å²) in [6, 6.07) is 7.06. The van der Waals surface area contributed by atoms with Gasteiger partial charge in [-0.3, -0.25) is 4.79 Å². The van der Waals surface area contributed by atoms with Gasteiger partial charge in [-0.2, -0.15) is 4.31 Å². The van der Waals surface area contributed by atoms with E-state index >= 15 is 0 Å². The normalized spacial score (nSPS) is 18.3. The molecular weight excluding hydrogens is 420 g/mol. The fraction of sp³-hybridized carbons (Fsp3) is 0.524. The van der Waals surface area contributed by atoms with E-state index in [1.54, 1.807) is 22.6 Å². The number of nitrogens with one attached hydrogen (secondary N) is 1. The molecule has 0 saturated carbocycles. The Morgan fingerprint density at radius 1 is 1.00 bits per heavy atom. The predicted octanol–water partition coefficient (Wildman–Crippen LogP) is 3.49. The van der Waals surface area contributed by atoms with Gasteiger partial charge in [-0.05, 0) is 56.4 Å². The number of thiophene rings is 1. The van der Waals surface area contributed by atoms with Crippen LogP contribution in [0.4, 0.5) is 11.5 Å². The van der Waals surface area contributed by atoms with Crippen molar-refractivity contribution in [2.75, 3.05) is 36.4 Å². The van der Waals surface area contributed by atoms with E-state index in [1.807, 2.05) is 12.1 Å². The van der Waals surface area contributed by atoms with Gasteiger partial charge >= 0.3 is 0 Å². The second-order valence-electron chi connectivity index (χ2n) is 7.83. The minimum atomic E-state index is -3.45. The highest BCUT2D eigenvalue weighted by Crippen LogP contribution is 2.29. The molecule has 4 rings (SSSR count). The van der Waals surface area contributed by atoms with E-state index in [9.17, 15) is 13.2 Å². The Balaban J connectivity index is 1.42. The zero-order valence-corrected chi connectivity index (χ0v) is 18.7. The Hall–Kier alpha value is -1.97. The molecule has 162 valence electrons. The van der Waals surface area contributed by atoms with Gasteiger partial charge in [0.25, 0.3) is 10.0 Å². The number of carbonyl (C=O) groups is 1. The van der Waals surface area contributed by atoms with Gasteiger partial charge in [0.2, 0.25) is 5.91 Å². The van der Waals surface area contributed by atoms with Crippen LogP contribution in [0.2, 0.25) is 0 Å². The Labute approximate surface area is 182 Å². The van der Waals surface area contributed by atoms with Crippen LogP contribution in [0.3, 0.4) is 0 Å². The number of aromatic nitrogens is 1. The molecule has 9 heteroatoms. The summed E-state index contributed by atoms with van der Waals surface area (Å²) in [7, 11) is -3.45. The number of nitrogens with zero attached hydrogens (tertiary/aromatic N) is 3. The van der Waals surface area contributed by atoms with Crippen molar-refractivity contribution in [3.05, 3.63) is 35.3 Å². The molecule has 2 saturated heterocycles. The second kappa shape index (κ2) is 9.45. The number of anilines is 2. The SMILES string of the molecule is O=C(Cc1ccc(S(=O)(=O)N2CCCCC2)s1)Nc1cccnc1N1CCCCC1. The largest absolute Gasteiger partial charge is 0.355 e. The lowest BCUT2D eigenvalue weighted by atomic mass is 10.1. The second-order valence-corrected chi connectivity index (χ2v) is 11.2. The molecule has 0 atom stereocenters. The fourth-order valence-electron chi connectivity index (χ4n) is 4.03. The molecule has 2 fully saturated rings. The van der Waals surface area contributed by atoms with Crippen molar-refractivity contribution in [2.45, 2.75) is 49.2 Å². The van der Waals surface area contributed by atoms with Crippen LogP contribution in [0.25, 0.3) is 0 Å². The monoisotopic (exact) mass is 448 g/mol. The molecule has 30 heavy (non-hydrogen) atoms. The van der Waals surface area contributed by atoms with E-state index in [0.717, 1.165) is 55.9 Å². The molecule has 0 spiro atoms. The van der Waals surface area contributed by atoms with E-state index in [1.165, 1.54) is 17.8 Å². The van der Waals surface area contributed by atoms with Crippen LogP contribution in [-0.4, -0.2) is 49.8 Å². The van der Waals surface area contributed by atoms with Crippen molar-refractivity contribution in [1.82, 2.24) is 9.29 Å². The first-order valence-corrected chi connectivity index (χ1v) is 12.9. The van der Waals surface area contributed by atoms with Crippen LogP contribution in [-0.2, 0) is 21.2 Å². The molecular formula is C21H28N4O3S2. The number of piperidine rings is 2. The third-order valence-electron chi connectivity index (χ3n) is 5.60. The Morgan fingerprint density at radius 2 is 1.70 bits per heavy atom. The molecule has 4 heterocycles. The maximum absolute atomic E-state index is 12.8. The number of amides is 1. The van der Waals surface area contributed by atoms with E-state index in [2.05, 4.69) is 15.2 Å². The van der Waals surface area contributed by atoms with Crippen molar-refractivity contribution < 1.29 is 13.2 Å². The first-order chi connectivity index (χ1) is 14.5. The summed E-state index contributed by atoms with van der Waals surface area (Å²) in [5.74, 6) is 0.648. The minimum Gasteiger partial charge on any atom is -0.355 e. The Bertz CT molecular complexity index is 978. The van der Waals surface area contributed by atoms with Crippen LogP contribution in [0, 0.1) is 0 Å². The number of carbonyl (C=O) groups excluding carboxylic acids is 1. The van der Waals surface area contributed by atoms with Gasteiger partial charge in [-0.25, -0.2) is 13.4 Å². The summed E-state index contributed by atoms with van der Waals surface area (Å²) in [4.78, 5) is 20.1. The molecule has 2 aromatic heterocycles. The molecule has 0 unspecified atom stereocenters. The quantitative estimate of drug-likeness (QED) is 0.731. The van der Waals surface area contributed by atoms with Crippen LogP contribution in [0.15, 0.2) is 34.7 Å². The lowest BCUT2D eigenvalue weighted by Crippen LogP contribution is -2.35. The molecule has 7 nitrogen and oxygen atoms in total. The van der Waals surface area contributed by atoms with Crippen LogP contribution in [0.1, 0.15) is 43.4 Å². The summed E-state index contributed by atoms with van der Waals surface area (Å²) < 4.78 is 27.5. The molecule has 0 radical (unpaired) electrons. The fourth-order valence-corrected chi connectivity index (χ4v) is 7.06. The van der Waals surface area contributed by atoms with Gasteiger partial charge in [0.1, 0.15) is 4.21 Å². The number of rotatable bonds is 6. The zero-order valence-electron chi connectivity index (χ0n) is 17.0. The predicted molar refractivity (Wildman–Crippen MR) is 120 cm³/mol. The van der Waals surface area contributed by atoms with Crippen molar-refractivity contribution >= 4 is 38.8 Å². The molecule has 0 aromatic carbocycles. The molecule has 1 N–H and O–H groups in total. The Morgan fingerprint density at radius 3 is 2.43 bits per heavy atom. The lowest BCUT2D eigenvalue weighted by Gasteiger charge is -2.29. The van der Waals surface area contributed by atoms with Crippen molar-refractivity contribution in [3.8, 4) is 0 Å². The number of hydrogen-bond acceptors (Lipinski definition) is 6. The first kappa shape index (κ1) is 21.3. The van der Waals surface area contributed by atoms with E-state index in [-0.39, 0.29) is 12.3 Å². The molecule has 1 amide bonds. The maximum atomic E-state index is 12.8. The average Bonchev–Trinajstić information content (AvgIpc) is 3.24. The van der Waals surface area contributed by atoms with Gasteiger partial charge in [-0.15, -0.1) is 11.3 Å². The van der Waals surface area contributed by atoms with Gasteiger partial charge in [0, 0.05) is 37.3 Å². The summed E-state index contributed by atoms with van der Waals surface area (Å²) in [6.07, 6.45) is 8.28. The van der Waals surface area contributed by atoms with Crippen LogP contribution < -0.4 is 10.2 Å². The van der Waals surface area contributed by atoms with Crippen LogP contribution in [0.5, 0.6) is 0 Å². The maximum Gasteiger partial charge on any atom is 0.252 e. The third-order valence-corrected chi connectivity index (χ3v) is 9.05. The number of sulfonamides is 1. The molecule has 0 bridgehead atoms. The van der Waals surface area contributed by atoms with Crippen molar-refractivity contribution in [3.63, 3.8) is 0 Å². The molecule has 2 aliphatic rings. The smallest absolute Gasteiger partial charge is 0.252 e. The molecule has 2 aromatic rings. The number of pyridine rings is 1. The van der Waals surface area contributed by atoms with E-state index < -0.39 is 10.0 Å². The topological polar surface area (TPSA) is 82.6 Å². The summed E-state index contributed by atoms with van der Waals surface area (Å²) in [5.41, 5.74) is 0.710. The highest BCUT2D eigenvalue weighted by atomic mass is 32.2. The summed E-state index contributed by atoms with van der Waals surface area (Å²) in [5, 5.41) is 2.97. The average molecular weight is 449 g/mol. The van der Waals surface area contributed by atoms with Crippen molar-refractivity contribution in [1.29, 1.82) is 0 Å². The first-order valence-electron chi connectivity index (χ1n) is 10.6. The summed E-state index contributed by atoms with van der Waals surface area (Å²) in [6.45, 7) is 3.05. The molecule has 2 aliphatic heterocycles. The lowest BCUT2D eigenvalue weighted by molar-refractivity contribution is -0.115. The summed E-state index contributed by atoms with van der Waals surface area (Å²) >= 11 is 1.19. The molecule has 0 aliphatic carbocycles. The van der Waals surface area contributed by atoms with Gasteiger partial charge in [0.15, 0.2) is 5.82 Å². The van der Waals surface area contributed by atoms with Gasteiger partial charge < -0.3 is 10.2 Å². The van der Waals surface area contributed by atoms with Crippen molar-refractivity contribution in [2.24, 2.45) is 0 Å². The van der Waals surface area contributed by atoms with E-state index in [0.29, 0.717) is 23.0 Å². The van der Waals surface area contributed by atoms with Gasteiger partial charge in [0.05, 0.1) is 12.1 Å².